The van der Waals surface area contributed by atoms with Crippen LogP contribution in [-0.2, 0) is 4.79 Å². The van der Waals surface area contributed by atoms with Gasteiger partial charge in [0.2, 0.25) is 0 Å². The maximum Gasteiger partial charge on any atom is 0.311 e. The Kier molecular flexibility index (Phi) is 2.52. The summed E-state index contributed by atoms with van der Waals surface area (Å²) in [6, 6.07) is 6.86. The summed E-state index contributed by atoms with van der Waals surface area (Å²) in [6.45, 7) is 0. The van der Waals surface area contributed by atoms with E-state index in [0.717, 1.165) is 0 Å². The van der Waals surface area contributed by atoms with Crippen LogP contribution in [-0.4, -0.2) is 15.6 Å². The van der Waals surface area contributed by atoms with Crippen molar-refractivity contribution in [2.24, 2.45) is 0 Å². The van der Waals surface area contributed by atoms with Gasteiger partial charge in [-0.2, -0.15) is 0 Å². The van der Waals surface area contributed by atoms with Crippen molar-refractivity contribution in [2.45, 2.75) is 16.9 Å². The molecule has 1 heterocycles. The molecule has 0 aromatic heterocycles. The zero-order valence-electron chi connectivity index (χ0n) is 7.61. The van der Waals surface area contributed by atoms with Crippen LogP contribution in [0.1, 0.15) is 17.9 Å². The summed E-state index contributed by atoms with van der Waals surface area (Å²) in [5.74, 6) is -1.23. The molecule has 1 unspecified atom stereocenters. The Hall–Kier alpha value is -0.930. The number of rotatable bonds is 1. The lowest BCUT2D eigenvalue weighted by atomic mass is 9.93. The molecule has 1 atom stereocenters. The van der Waals surface area contributed by atoms with Gasteiger partial charge in [0.15, 0.2) is 0 Å². The summed E-state index contributed by atoms with van der Waals surface area (Å²) in [4.78, 5) is 11.0. The Balaban J connectivity index is 2.47. The zero-order valence-corrected chi connectivity index (χ0v) is 9.13. The molecule has 1 N–H and O–H groups in total. The molecular weight excluding hydrogens is 239 g/mol. The number of benzene rings is 1. The first-order valence-electron chi connectivity index (χ1n) is 4.38. The van der Waals surface area contributed by atoms with Crippen LogP contribution in [0.5, 0.6) is 5.75 Å². The third-order valence-electron chi connectivity index (χ3n) is 2.29. The van der Waals surface area contributed by atoms with Crippen molar-refractivity contribution in [1.82, 2.24) is 0 Å². The minimum absolute atomic E-state index is 0.0441. The van der Waals surface area contributed by atoms with Gasteiger partial charge in [0.25, 0.3) is 4.52 Å². The van der Waals surface area contributed by atoms with E-state index in [9.17, 15) is 4.79 Å². The summed E-state index contributed by atoms with van der Waals surface area (Å²) in [6.07, 6.45) is 0.0441. The molecule has 0 radical (unpaired) electrons. The molecule has 0 spiro atoms. The lowest BCUT2D eigenvalue weighted by molar-refractivity contribution is -0.139. The summed E-state index contributed by atoms with van der Waals surface area (Å²) < 4.78 is 3.81. The molecule has 80 valence electrons. The summed E-state index contributed by atoms with van der Waals surface area (Å²) in [5, 5.41) is 9.04. The highest BCUT2D eigenvalue weighted by atomic mass is 35.5. The molecule has 0 fully saturated rings. The van der Waals surface area contributed by atoms with Crippen molar-refractivity contribution in [1.29, 1.82) is 0 Å². The average molecular weight is 247 g/mol. The van der Waals surface area contributed by atoms with Gasteiger partial charge in [-0.25, -0.2) is 0 Å². The third kappa shape index (κ3) is 2.03. The number of alkyl halides is 2. The standard InChI is InChI=1S/C10H8Cl2O3/c11-10(12)5-7(9(13)14)6-3-1-2-4-8(6)15-10/h1-4,7H,5H2,(H,13,14). The summed E-state index contributed by atoms with van der Waals surface area (Å²) in [7, 11) is 0. The normalized spacial score (nSPS) is 22.7. The van der Waals surface area contributed by atoms with Crippen LogP contribution in [0, 0.1) is 0 Å². The predicted octanol–water partition coefficient (Wildman–Crippen LogP) is 2.77. The number of ether oxygens (including phenoxy) is 1. The molecule has 0 saturated carbocycles. The molecule has 0 amide bonds. The van der Waals surface area contributed by atoms with Crippen LogP contribution in [0.2, 0.25) is 0 Å². The van der Waals surface area contributed by atoms with Crippen LogP contribution in [0.3, 0.4) is 0 Å². The highest BCUT2D eigenvalue weighted by Crippen LogP contribution is 2.44. The second-order valence-electron chi connectivity index (χ2n) is 3.37. The van der Waals surface area contributed by atoms with Crippen molar-refractivity contribution >= 4 is 29.2 Å². The molecule has 1 aliphatic rings. The number of aliphatic carboxylic acids is 1. The number of hydrogen-bond acceptors (Lipinski definition) is 2. The first-order valence-corrected chi connectivity index (χ1v) is 5.14. The lowest BCUT2D eigenvalue weighted by Crippen LogP contribution is -2.33. The summed E-state index contributed by atoms with van der Waals surface area (Å²) >= 11 is 11.6. The maximum absolute atomic E-state index is 11.0. The van der Waals surface area contributed by atoms with Gasteiger partial charge >= 0.3 is 5.97 Å². The Bertz CT molecular complexity index is 403. The number of carbonyl (C=O) groups is 1. The van der Waals surface area contributed by atoms with E-state index in [-0.39, 0.29) is 6.42 Å². The Morgan fingerprint density at radius 3 is 2.80 bits per heavy atom. The molecule has 5 heteroatoms. The van der Waals surface area contributed by atoms with E-state index in [0.29, 0.717) is 11.3 Å². The van der Waals surface area contributed by atoms with Gasteiger partial charge in [0.1, 0.15) is 5.75 Å². The van der Waals surface area contributed by atoms with Crippen molar-refractivity contribution in [3.05, 3.63) is 29.8 Å². The maximum atomic E-state index is 11.0. The number of halogens is 2. The summed E-state index contributed by atoms with van der Waals surface area (Å²) in [5.41, 5.74) is 0.613. The molecule has 3 nitrogen and oxygen atoms in total. The van der Waals surface area contributed by atoms with Crippen LogP contribution in [0.15, 0.2) is 24.3 Å². The molecular formula is C10H8Cl2O3. The van der Waals surface area contributed by atoms with Crippen molar-refractivity contribution < 1.29 is 14.6 Å². The van der Waals surface area contributed by atoms with Gasteiger partial charge in [0, 0.05) is 12.0 Å². The third-order valence-corrected chi connectivity index (χ3v) is 2.76. The van der Waals surface area contributed by atoms with Crippen molar-refractivity contribution in [3.63, 3.8) is 0 Å². The van der Waals surface area contributed by atoms with E-state index in [2.05, 4.69) is 0 Å². The van der Waals surface area contributed by atoms with Gasteiger partial charge in [0.05, 0.1) is 5.92 Å². The van der Waals surface area contributed by atoms with Gasteiger partial charge in [-0.3, -0.25) is 4.79 Å². The van der Waals surface area contributed by atoms with Crippen LogP contribution < -0.4 is 4.74 Å². The quantitative estimate of drug-likeness (QED) is 0.776. The molecule has 0 bridgehead atoms. The van der Waals surface area contributed by atoms with Gasteiger partial charge in [-0.1, -0.05) is 41.4 Å². The highest BCUT2D eigenvalue weighted by Gasteiger charge is 2.40. The monoisotopic (exact) mass is 246 g/mol. The lowest BCUT2D eigenvalue weighted by Gasteiger charge is -2.31. The minimum atomic E-state index is -1.46. The fraction of sp³-hybridized carbons (Fsp3) is 0.300. The van der Waals surface area contributed by atoms with Gasteiger partial charge in [-0.15, -0.1) is 0 Å². The Labute approximate surface area is 96.6 Å². The molecule has 1 aromatic carbocycles. The molecule has 1 aliphatic heterocycles. The smallest absolute Gasteiger partial charge is 0.311 e. The number of carboxylic acids is 1. The number of fused-ring (bicyclic) bond motifs is 1. The fourth-order valence-corrected chi connectivity index (χ4v) is 2.11. The van der Waals surface area contributed by atoms with Gasteiger partial charge in [-0.05, 0) is 6.07 Å². The van der Waals surface area contributed by atoms with E-state index in [1.807, 2.05) is 0 Å². The largest absolute Gasteiger partial charge is 0.481 e. The highest BCUT2D eigenvalue weighted by molar-refractivity contribution is 6.47. The number of para-hydroxylation sites is 1. The predicted molar refractivity (Wildman–Crippen MR) is 56.5 cm³/mol. The van der Waals surface area contributed by atoms with E-state index < -0.39 is 16.4 Å². The van der Waals surface area contributed by atoms with E-state index in [4.69, 9.17) is 33.0 Å². The first-order chi connectivity index (χ1) is 6.99. The Morgan fingerprint density at radius 2 is 2.13 bits per heavy atom. The molecule has 0 saturated heterocycles. The molecule has 0 aliphatic carbocycles. The molecule has 1 aromatic rings. The van der Waals surface area contributed by atoms with E-state index in [1.54, 1.807) is 24.3 Å². The molecule has 15 heavy (non-hydrogen) atoms. The van der Waals surface area contributed by atoms with Crippen molar-refractivity contribution in [3.8, 4) is 5.75 Å². The molecule has 2 rings (SSSR count). The SMILES string of the molecule is O=C(O)C1CC(Cl)(Cl)Oc2ccccc21. The number of carboxylic acid groups (broad SMARTS) is 1. The van der Waals surface area contributed by atoms with Gasteiger partial charge < -0.3 is 9.84 Å². The zero-order chi connectivity index (χ0) is 11.1. The average Bonchev–Trinajstić information content (AvgIpc) is 2.14. The van der Waals surface area contributed by atoms with Crippen LogP contribution in [0.25, 0.3) is 0 Å². The van der Waals surface area contributed by atoms with Crippen LogP contribution >= 0.6 is 23.2 Å². The Morgan fingerprint density at radius 1 is 1.47 bits per heavy atom. The second kappa shape index (κ2) is 3.58. The minimum Gasteiger partial charge on any atom is -0.481 e. The number of hydrogen-bond donors (Lipinski definition) is 1. The first kappa shape index (κ1) is 10.6. The second-order valence-corrected chi connectivity index (χ2v) is 4.79. The van der Waals surface area contributed by atoms with E-state index in [1.165, 1.54) is 0 Å². The van der Waals surface area contributed by atoms with Crippen LogP contribution in [0.4, 0.5) is 0 Å². The fourth-order valence-electron chi connectivity index (χ4n) is 1.63. The van der Waals surface area contributed by atoms with E-state index >= 15 is 0 Å². The van der Waals surface area contributed by atoms with Crippen molar-refractivity contribution in [2.75, 3.05) is 0 Å². The topological polar surface area (TPSA) is 46.5 Å².